The van der Waals surface area contributed by atoms with Crippen LogP contribution in [0.2, 0.25) is 0 Å². The highest BCUT2D eigenvalue weighted by Crippen LogP contribution is 2.28. The molecule has 0 amide bonds. The number of carbonyl (C=O) groups is 1. The van der Waals surface area contributed by atoms with Crippen LogP contribution < -0.4 is 4.90 Å². The van der Waals surface area contributed by atoms with Crippen molar-refractivity contribution in [3.63, 3.8) is 0 Å². The Labute approximate surface area is 113 Å². The van der Waals surface area contributed by atoms with Crippen LogP contribution in [0.25, 0.3) is 0 Å². The van der Waals surface area contributed by atoms with E-state index in [4.69, 9.17) is 0 Å². The van der Waals surface area contributed by atoms with Gasteiger partial charge in [0.2, 0.25) is 0 Å². The molecule has 1 aliphatic rings. The minimum atomic E-state index is -0.948. The van der Waals surface area contributed by atoms with Crippen LogP contribution in [-0.2, 0) is 0 Å². The molecule has 0 aromatic carbocycles. The minimum absolute atomic E-state index is 0.216. The van der Waals surface area contributed by atoms with Crippen molar-refractivity contribution < 1.29 is 9.90 Å². The van der Waals surface area contributed by atoms with Crippen LogP contribution >= 0.6 is 0 Å². The van der Waals surface area contributed by atoms with E-state index in [0.717, 1.165) is 32.2 Å². The molecule has 1 aromatic heterocycles. The maximum atomic E-state index is 11.3. The lowest BCUT2D eigenvalue weighted by molar-refractivity contribution is 0.0696. The number of carboxylic acid groups (broad SMARTS) is 1. The third kappa shape index (κ3) is 3.03. The fourth-order valence-electron chi connectivity index (χ4n) is 2.74. The SMILES string of the molecule is CCCC1CCCCN1c1nc(C)ncc1C(=O)O. The van der Waals surface area contributed by atoms with E-state index in [0.29, 0.717) is 17.7 Å². The normalized spacial score (nSPS) is 19.5. The second kappa shape index (κ2) is 5.99. The molecule has 5 heteroatoms. The van der Waals surface area contributed by atoms with Crippen LogP contribution in [0.15, 0.2) is 6.20 Å². The van der Waals surface area contributed by atoms with E-state index in [1.54, 1.807) is 6.92 Å². The molecular weight excluding hydrogens is 242 g/mol. The molecule has 0 saturated carbocycles. The van der Waals surface area contributed by atoms with E-state index in [2.05, 4.69) is 21.8 Å². The van der Waals surface area contributed by atoms with Gasteiger partial charge in [0.05, 0.1) is 0 Å². The lowest BCUT2D eigenvalue weighted by Crippen LogP contribution is -2.41. The summed E-state index contributed by atoms with van der Waals surface area (Å²) in [6.07, 6.45) is 7.05. The molecule has 1 saturated heterocycles. The van der Waals surface area contributed by atoms with Crippen molar-refractivity contribution in [1.29, 1.82) is 0 Å². The molecule has 1 aromatic rings. The zero-order chi connectivity index (χ0) is 13.8. The molecule has 0 bridgehead atoms. The largest absolute Gasteiger partial charge is 0.477 e. The van der Waals surface area contributed by atoms with E-state index in [1.165, 1.54) is 12.6 Å². The van der Waals surface area contributed by atoms with E-state index in [-0.39, 0.29) is 5.56 Å². The van der Waals surface area contributed by atoms with Crippen LogP contribution in [0, 0.1) is 6.92 Å². The molecule has 2 heterocycles. The number of aromatic nitrogens is 2. The van der Waals surface area contributed by atoms with Crippen molar-refractivity contribution in [2.75, 3.05) is 11.4 Å². The molecular formula is C14H21N3O2. The summed E-state index contributed by atoms with van der Waals surface area (Å²) in [5.41, 5.74) is 0.216. The van der Waals surface area contributed by atoms with Crippen molar-refractivity contribution in [2.24, 2.45) is 0 Å². The maximum Gasteiger partial charge on any atom is 0.341 e. The van der Waals surface area contributed by atoms with Crippen molar-refractivity contribution in [3.8, 4) is 0 Å². The van der Waals surface area contributed by atoms with Gasteiger partial charge in [-0.25, -0.2) is 14.8 Å². The number of aryl methyl sites for hydroxylation is 1. The van der Waals surface area contributed by atoms with Gasteiger partial charge in [-0.15, -0.1) is 0 Å². The summed E-state index contributed by atoms with van der Waals surface area (Å²) in [6.45, 7) is 4.85. The first kappa shape index (κ1) is 13.8. The number of aromatic carboxylic acids is 1. The average Bonchev–Trinajstić information content (AvgIpc) is 2.39. The van der Waals surface area contributed by atoms with Crippen molar-refractivity contribution in [2.45, 2.75) is 52.0 Å². The van der Waals surface area contributed by atoms with Crippen molar-refractivity contribution in [3.05, 3.63) is 17.6 Å². The molecule has 19 heavy (non-hydrogen) atoms. The van der Waals surface area contributed by atoms with Crippen molar-refractivity contribution in [1.82, 2.24) is 9.97 Å². The van der Waals surface area contributed by atoms with Gasteiger partial charge < -0.3 is 10.0 Å². The number of anilines is 1. The van der Waals surface area contributed by atoms with Gasteiger partial charge in [-0.3, -0.25) is 0 Å². The number of hydrogen-bond acceptors (Lipinski definition) is 4. The lowest BCUT2D eigenvalue weighted by atomic mass is 9.98. The first-order valence-electron chi connectivity index (χ1n) is 6.97. The van der Waals surface area contributed by atoms with Gasteiger partial charge in [0, 0.05) is 18.8 Å². The Morgan fingerprint density at radius 3 is 3.00 bits per heavy atom. The predicted molar refractivity (Wildman–Crippen MR) is 73.6 cm³/mol. The van der Waals surface area contributed by atoms with Crippen LogP contribution in [0.1, 0.15) is 55.2 Å². The molecule has 0 spiro atoms. The lowest BCUT2D eigenvalue weighted by Gasteiger charge is -2.37. The highest BCUT2D eigenvalue weighted by molar-refractivity contribution is 5.93. The molecule has 1 fully saturated rings. The van der Waals surface area contributed by atoms with Crippen molar-refractivity contribution >= 4 is 11.8 Å². The Morgan fingerprint density at radius 2 is 2.32 bits per heavy atom. The zero-order valence-corrected chi connectivity index (χ0v) is 11.6. The Kier molecular flexibility index (Phi) is 4.35. The number of piperidine rings is 1. The maximum absolute atomic E-state index is 11.3. The van der Waals surface area contributed by atoms with E-state index in [9.17, 15) is 9.90 Å². The fraction of sp³-hybridized carbons (Fsp3) is 0.643. The van der Waals surface area contributed by atoms with Gasteiger partial charge in [0.25, 0.3) is 0 Å². The van der Waals surface area contributed by atoms with Gasteiger partial charge >= 0.3 is 5.97 Å². The number of hydrogen-bond donors (Lipinski definition) is 1. The van der Waals surface area contributed by atoms with E-state index in [1.807, 2.05) is 0 Å². The van der Waals surface area contributed by atoms with Crippen LogP contribution in [0.4, 0.5) is 5.82 Å². The molecule has 1 aliphatic heterocycles. The summed E-state index contributed by atoms with van der Waals surface area (Å²) in [5.74, 6) is 0.273. The molecule has 1 N–H and O–H groups in total. The number of nitrogens with zero attached hydrogens (tertiary/aromatic N) is 3. The molecule has 2 rings (SSSR count). The third-order valence-electron chi connectivity index (χ3n) is 3.64. The zero-order valence-electron chi connectivity index (χ0n) is 11.6. The summed E-state index contributed by atoms with van der Waals surface area (Å²) in [7, 11) is 0. The Hall–Kier alpha value is -1.65. The molecule has 1 atom stereocenters. The first-order valence-corrected chi connectivity index (χ1v) is 6.97. The van der Waals surface area contributed by atoms with Crippen LogP contribution in [0.5, 0.6) is 0 Å². The van der Waals surface area contributed by atoms with Crippen LogP contribution in [-0.4, -0.2) is 33.6 Å². The van der Waals surface area contributed by atoms with Crippen LogP contribution in [0.3, 0.4) is 0 Å². The van der Waals surface area contributed by atoms with E-state index < -0.39 is 5.97 Å². The smallest absolute Gasteiger partial charge is 0.341 e. The summed E-state index contributed by atoms with van der Waals surface area (Å²) in [4.78, 5) is 21.9. The molecule has 104 valence electrons. The Bertz CT molecular complexity index is 460. The van der Waals surface area contributed by atoms with Gasteiger partial charge in [-0.1, -0.05) is 13.3 Å². The van der Waals surface area contributed by atoms with Gasteiger partial charge in [0.15, 0.2) is 0 Å². The Morgan fingerprint density at radius 1 is 1.53 bits per heavy atom. The average molecular weight is 263 g/mol. The first-order chi connectivity index (χ1) is 9.13. The Balaban J connectivity index is 2.37. The number of carboxylic acids is 1. The summed E-state index contributed by atoms with van der Waals surface area (Å²) in [5, 5.41) is 9.30. The highest BCUT2D eigenvalue weighted by atomic mass is 16.4. The molecule has 0 aliphatic carbocycles. The summed E-state index contributed by atoms with van der Waals surface area (Å²) < 4.78 is 0. The topological polar surface area (TPSA) is 66.3 Å². The third-order valence-corrected chi connectivity index (χ3v) is 3.64. The predicted octanol–water partition coefficient (Wildman–Crippen LogP) is 2.64. The van der Waals surface area contributed by atoms with Gasteiger partial charge in [-0.05, 0) is 32.6 Å². The van der Waals surface area contributed by atoms with Gasteiger partial charge in [0.1, 0.15) is 17.2 Å². The van der Waals surface area contributed by atoms with E-state index >= 15 is 0 Å². The summed E-state index contributed by atoms with van der Waals surface area (Å²) >= 11 is 0. The molecule has 5 nitrogen and oxygen atoms in total. The highest BCUT2D eigenvalue weighted by Gasteiger charge is 2.27. The van der Waals surface area contributed by atoms with Gasteiger partial charge in [-0.2, -0.15) is 0 Å². The molecule has 1 unspecified atom stereocenters. The monoisotopic (exact) mass is 263 g/mol. The minimum Gasteiger partial charge on any atom is -0.477 e. The summed E-state index contributed by atoms with van der Waals surface area (Å²) in [6, 6.07) is 0.408. The molecule has 0 radical (unpaired) electrons. The fourth-order valence-corrected chi connectivity index (χ4v) is 2.74. The number of rotatable bonds is 4. The standard InChI is InChI=1S/C14H21N3O2/c1-3-6-11-7-4-5-8-17(11)13-12(14(18)19)9-15-10(2)16-13/h9,11H,3-8H2,1-2H3,(H,18,19). The second-order valence-electron chi connectivity index (χ2n) is 5.09. The second-order valence-corrected chi connectivity index (χ2v) is 5.09. The quantitative estimate of drug-likeness (QED) is 0.904.